The molecule has 10 heteroatoms. The van der Waals surface area contributed by atoms with Crippen molar-refractivity contribution in [1.29, 1.82) is 0 Å². The molecule has 2 aromatic carbocycles. The minimum Gasteiger partial charge on any atom is -0.362 e. The highest BCUT2D eigenvalue weighted by Crippen LogP contribution is 2.23. The summed E-state index contributed by atoms with van der Waals surface area (Å²) in [4.78, 5) is 0. The molecule has 1 aromatic heterocycles. The average Bonchev–Trinajstić information content (AvgIpc) is 3.16. The van der Waals surface area contributed by atoms with Crippen molar-refractivity contribution in [2.75, 3.05) is 11.9 Å². The first kappa shape index (κ1) is 20.7. The Bertz CT molecular complexity index is 994. The van der Waals surface area contributed by atoms with Crippen LogP contribution in [0.4, 0.5) is 27.8 Å². The van der Waals surface area contributed by atoms with Gasteiger partial charge in [-0.2, -0.15) is 5.10 Å². The summed E-state index contributed by atoms with van der Waals surface area (Å²) < 4.78 is 68.3. The lowest BCUT2D eigenvalue weighted by atomic mass is 10.1. The molecule has 4 nitrogen and oxygen atoms in total. The zero-order valence-electron chi connectivity index (χ0n) is 14.9. The number of nitrogens with one attached hydrogen (secondary N) is 2. The van der Waals surface area contributed by atoms with E-state index in [0.717, 1.165) is 16.7 Å². The molecule has 1 heterocycles. The zero-order valence-corrected chi connectivity index (χ0v) is 15.7. The fraction of sp³-hybridized carbons (Fsp3) is 0.158. The largest absolute Gasteiger partial charge is 0.362 e. The Morgan fingerprint density at radius 3 is 2.17 bits per heavy atom. The predicted molar refractivity (Wildman–Crippen MR) is 102 cm³/mol. The maximum absolute atomic E-state index is 13.8. The molecule has 3 rings (SSSR count). The number of anilines is 1. The van der Waals surface area contributed by atoms with Gasteiger partial charge in [-0.3, -0.25) is 4.68 Å². The second-order valence-corrected chi connectivity index (χ2v) is 6.47. The van der Waals surface area contributed by atoms with Crippen LogP contribution < -0.4 is 10.6 Å². The molecule has 0 atom stereocenters. The maximum atomic E-state index is 13.8. The third kappa shape index (κ3) is 4.89. The molecule has 0 fully saturated rings. The van der Waals surface area contributed by atoms with Gasteiger partial charge in [0.2, 0.25) is 5.82 Å². The van der Waals surface area contributed by atoms with Gasteiger partial charge in [-0.25, -0.2) is 22.0 Å². The van der Waals surface area contributed by atoms with E-state index in [9.17, 15) is 22.0 Å². The van der Waals surface area contributed by atoms with Crippen LogP contribution in [0, 0.1) is 29.1 Å². The van der Waals surface area contributed by atoms with Crippen LogP contribution in [0.1, 0.15) is 11.1 Å². The molecule has 0 spiro atoms. The van der Waals surface area contributed by atoms with Crippen molar-refractivity contribution in [2.24, 2.45) is 0 Å². The highest BCUT2D eigenvalue weighted by Gasteiger charge is 2.25. The van der Waals surface area contributed by atoms with Gasteiger partial charge in [0.15, 0.2) is 34.2 Å². The Morgan fingerprint density at radius 1 is 0.897 bits per heavy atom. The molecular weight excluding hydrogens is 411 g/mol. The van der Waals surface area contributed by atoms with E-state index in [1.807, 2.05) is 30.3 Å². The molecule has 0 aliphatic carbocycles. The molecule has 2 N–H and O–H groups in total. The third-order valence-electron chi connectivity index (χ3n) is 4.05. The quantitative estimate of drug-likeness (QED) is 0.269. The van der Waals surface area contributed by atoms with Gasteiger partial charge < -0.3 is 10.6 Å². The van der Waals surface area contributed by atoms with Crippen LogP contribution in [0.25, 0.3) is 0 Å². The van der Waals surface area contributed by atoms with E-state index >= 15 is 0 Å². The average molecular weight is 426 g/mol. The Hall–Kier alpha value is -3.01. The minimum atomic E-state index is -2.20. The third-order valence-corrected chi connectivity index (χ3v) is 4.29. The topological polar surface area (TPSA) is 41.9 Å². The van der Waals surface area contributed by atoms with Crippen LogP contribution in [-0.2, 0) is 13.0 Å². The van der Waals surface area contributed by atoms with E-state index in [-0.39, 0.29) is 10.9 Å². The molecular formula is C19H15F5N4S. The lowest BCUT2D eigenvalue weighted by molar-refractivity contribution is 0.367. The van der Waals surface area contributed by atoms with Crippen molar-refractivity contribution < 1.29 is 22.0 Å². The fourth-order valence-electron chi connectivity index (χ4n) is 2.59. The lowest BCUT2D eigenvalue weighted by Gasteiger charge is -2.09. The van der Waals surface area contributed by atoms with Crippen molar-refractivity contribution in [3.8, 4) is 0 Å². The Kier molecular flexibility index (Phi) is 6.42. The van der Waals surface area contributed by atoms with E-state index in [2.05, 4.69) is 15.7 Å². The molecule has 152 valence electrons. The first-order valence-corrected chi connectivity index (χ1v) is 8.90. The highest BCUT2D eigenvalue weighted by atomic mass is 32.1. The van der Waals surface area contributed by atoms with Gasteiger partial charge in [-0.15, -0.1) is 0 Å². The Morgan fingerprint density at radius 2 is 1.52 bits per heavy atom. The summed E-state index contributed by atoms with van der Waals surface area (Å²) in [5, 5.41) is 10.0. The zero-order chi connectivity index (χ0) is 21.0. The summed E-state index contributed by atoms with van der Waals surface area (Å²) >= 11 is 5.15. The SMILES string of the molecule is Fc1c(F)c(F)c(Cn2ccc(NC(=S)NCCc3ccccc3)n2)c(F)c1F. The van der Waals surface area contributed by atoms with Gasteiger partial charge >= 0.3 is 0 Å². The number of hydrogen-bond acceptors (Lipinski definition) is 2. The molecule has 0 radical (unpaired) electrons. The van der Waals surface area contributed by atoms with Crippen LogP contribution in [-0.4, -0.2) is 21.4 Å². The van der Waals surface area contributed by atoms with Gasteiger partial charge in [0, 0.05) is 18.8 Å². The van der Waals surface area contributed by atoms with Crippen molar-refractivity contribution in [3.05, 3.63) is 82.8 Å². The van der Waals surface area contributed by atoms with Gasteiger partial charge in [0.25, 0.3) is 0 Å². The van der Waals surface area contributed by atoms with Gasteiger partial charge in [-0.05, 0) is 24.2 Å². The monoisotopic (exact) mass is 426 g/mol. The first-order valence-electron chi connectivity index (χ1n) is 8.49. The van der Waals surface area contributed by atoms with Crippen molar-refractivity contribution in [2.45, 2.75) is 13.0 Å². The van der Waals surface area contributed by atoms with E-state index in [0.29, 0.717) is 6.54 Å². The molecule has 0 saturated heterocycles. The highest BCUT2D eigenvalue weighted by molar-refractivity contribution is 7.80. The number of aromatic nitrogens is 2. The van der Waals surface area contributed by atoms with E-state index in [1.165, 1.54) is 12.3 Å². The molecule has 0 amide bonds. The number of halogens is 5. The van der Waals surface area contributed by atoms with Crippen molar-refractivity contribution in [1.82, 2.24) is 15.1 Å². The van der Waals surface area contributed by atoms with Crippen LogP contribution in [0.15, 0.2) is 42.6 Å². The van der Waals surface area contributed by atoms with Crippen LogP contribution in [0.5, 0.6) is 0 Å². The molecule has 0 aliphatic rings. The summed E-state index contributed by atoms with van der Waals surface area (Å²) in [5.41, 5.74) is 0.162. The Labute approximate surface area is 168 Å². The molecule has 3 aromatic rings. The second kappa shape index (κ2) is 8.99. The number of rotatable bonds is 6. The summed E-state index contributed by atoms with van der Waals surface area (Å²) in [7, 11) is 0. The van der Waals surface area contributed by atoms with E-state index < -0.39 is 41.2 Å². The fourth-order valence-corrected chi connectivity index (χ4v) is 2.80. The molecule has 0 aliphatic heterocycles. The van der Waals surface area contributed by atoms with Crippen molar-refractivity contribution >= 4 is 23.1 Å². The summed E-state index contributed by atoms with van der Waals surface area (Å²) in [6.45, 7) is -0.0667. The molecule has 0 bridgehead atoms. The number of hydrogen-bond donors (Lipinski definition) is 2. The summed E-state index contributed by atoms with van der Waals surface area (Å²) in [5.74, 6) is -9.69. The molecule has 29 heavy (non-hydrogen) atoms. The van der Waals surface area contributed by atoms with E-state index in [1.54, 1.807) is 0 Å². The predicted octanol–water partition coefficient (Wildman–Crippen LogP) is 4.16. The Balaban J connectivity index is 1.59. The van der Waals surface area contributed by atoms with Crippen LogP contribution >= 0.6 is 12.2 Å². The van der Waals surface area contributed by atoms with Crippen molar-refractivity contribution in [3.63, 3.8) is 0 Å². The maximum Gasteiger partial charge on any atom is 0.200 e. The summed E-state index contributed by atoms with van der Waals surface area (Å²) in [6, 6.07) is 11.2. The smallest absolute Gasteiger partial charge is 0.200 e. The number of nitrogens with zero attached hydrogens (tertiary/aromatic N) is 2. The first-order chi connectivity index (χ1) is 13.9. The number of benzene rings is 2. The lowest BCUT2D eigenvalue weighted by Crippen LogP contribution is -2.30. The van der Waals surface area contributed by atoms with Gasteiger partial charge in [-0.1, -0.05) is 30.3 Å². The van der Waals surface area contributed by atoms with Crippen LogP contribution in [0.3, 0.4) is 0 Å². The normalized spacial score (nSPS) is 10.8. The standard InChI is InChI=1S/C19H15F5N4S/c20-14-12(15(21)17(23)18(24)16(14)22)10-28-9-7-13(27-28)26-19(29)25-8-6-11-4-2-1-3-5-11/h1-5,7,9H,6,8,10H2,(H2,25,26,27,29). The minimum absolute atomic E-state index is 0.256. The second-order valence-electron chi connectivity index (χ2n) is 6.06. The molecule has 0 saturated carbocycles. The van der Waals surface area contributed by atoms with Gasteiger partial charge in [0.05, 0.1) is 12.1 Å². The summed E-state index contributed by atoms with van der Waals surface area (Å²) in [6.07, 6.45) is 2.07. The number of thiocarbonyl (C=S) groups is 1. The van der Waals surface area contributed by atoms with Crippen LogP contribution in [0.2, 0.25) is 0 Å². The van der Waals surface area contributed by atoms with Gasteiger partial charge in [0.1, 0.15) is 0 Å². The molecule has 0 unspecified atom stereocenters. The van der Waals surface area contributed by atoms with E-state index in [4.69, 9.17) is 12.2 Å².